The van der Waals surface area contributed by atoms with Gasteiger partial charge in [-0.3, -0.25) is 4.68 Å². The van der Waals surface area contributed by atoms with Crippen LogP contribution in [0.15, 0.2) is 6.20 Å². The molecule has 3 heteroatoms. The highest BCUT2D eigenvalue weighted by atomic mass is 15.3. The zero-order valence-electron chi connectivity index (χ0n) is 7.39. The molecule has 0 aromatic carbocycles. The van der Waals surface area contributed by atoms with Crippen molar-refractivity contribution in [3.63, 3.8) is 0 Å². The van der Waals surface area contributed by atoms with Gasteiger partial charge in [-0.25, -0.2) is 0 Å². The molecule has 11 heavy (non-hydrogen) atoms. The zero-order valence-corrected chi connectivity index (χ0v) is 7.39. The normalized spacial score (nSPS) is 10.5. The molecule has 0 saturated carbocycles. The molecule has 0 spiro atoms. The third-order valence-corrected chi connectivity index (χ3v) is 1.66. The summed E-state index contributed by atoms with van der Waals surface area (Å²) < 4.78 is 1.85. The maximum absolute atomic E-state index is 4.30. The van der Waals surface area contributed by atoms with Crippen LogP contribution in [0.4, 0.5) is 0 Å². The number of hydrogen-bond acceptors (Lipinski definition) is 2. The van der Waals surface area contributed by atoms with Crippen molar-refractivity contribution < 1.29 is 0 Å². The number of aromatic nitrogens is 2. The summed E-state index contributed by atoms with van der Waals surface area (Å²) in [6.45, 7) is 6.05. The van der Waals surface area contributed by atoms with E-state index in [1.807, 2.05) is 17.9 Å². The summed E-state index contributed by atoms with van der Waals surface area (Å²) in [6.07, 6.45) is 2.03. The van der Waals surface area contributed by atoms with Gasteiger partial charge < -0.3 is 5.32 Å². The summed E-state index contributed by atoms with van der Waals surface area (Å²) in [7, 11) is 1.95. The molecule has 62 valence electrons. The summed E-state index contributed by atoms with van der Waals surface area (Å²) in [5, 5.41) is 7.54. The van der Waals surface area contributed by atoms with Gasteiger partial charge >= 0.3 is 0 Å². The minimum atomic E-state index is 0.878. The second-order valence-corrected chi connectivity index (χ2v) is 2.71. The van der Waals surface area contributed by atoms with Crippen molar-refractivity contribution in [1.29, 1.82) is 0 Å². The van der Waals surface area contributed by atoms with Crippen molar-refractivity contribution in [1.82, 2.24) is 15.1 Å². The number of hydrogen-bond donors (Lipinski definition) is 1. The average molecular weight is 153 g/mol. The molecule has 0 atom stereocenters. The largest absolute Gasteiger partial charge is 0.311 e. The van der Waals surface area contributed by atoms with Gasteiger partial charge in [0.15, 0.2) is 0 Å². The highest BCUT2D eigenvalue weighted by Crippen LogP contribution is 2.02. The fourth-order valence-electron chi connectivity index (χ4n) is 1.07. The van der Waals surface area contributed by atoms with Crippen molar-refractivity contribution in [3.05, 3.63) is 17.5 Å². The Morgan fingerprint density at radius 1 is 1.64 bits per heavy atom. The van der Waals surface area contributed by atoms with Gasteiger partial charge in [0.1, 0.15) is 0 Å². The zero-order chi connectivity index (χ0) is 8.27. The molecule has 1 rings (SSSR count). The van der Waals surface area contributed by atoms with E-state index >= 15 is 0 Å². The second kappa shape index (κ2) is 3.53. The van der Waals surface area contributed by atoms with Gasteiger partial charge in [-0.1, -0.05) is 6.92 Å². The maximum Gasteiger partial charge on any atom is 0.0791 e. The average Bonchev–Trinajstić information content (AvgIpc) is 2.26. The predicted octanol–water partition coefficient (Wildman–Crippen LogP) is 0.838. The maximum atomic E-state index is 4.30. The van der Waals surface area contributed by atoms with Gasteiger partial charge in [-0.15, -0.1) is 0 Å². The van der Waals surface area contributed by atoms with Gasteiger partial charge in [0.25, 0.3) is 0 Å². The van der Waals surface area contributed by atoms with E-state index in [1.165, 1.54) is 5.56 Å². The van der Waals surface area contributed by atoms with Gasteiger partial charge in [0.2, 0.25) is 0 Å². The Kier molecular flexibility index (Phi) is 2.65. The lowest BCUT2D eigenvalue weighted by Gasteiger charge is -1.97. The van der Waals surface area contributed by atoms with E-state index in [0.717, 1.165) is 18.8 Å². The Morgan fingerprint density at radius 3 is 2.82 bits per heavy atom. The van der Waals surface area contributed by atoms with Crippen molar-refractivity contribution in [2.75, 3.05) is 6.54 Å². The first-order valence-corrected chi connectivity index (χ1v) is 3.94. The van der Waals surface area contributed by atoms with E-state index in [1.54, 1.807) is 0 Å². The number of nitrogens with zero attached hydrogens (tertiary/aromatic N) is 2. The molecule has 0 aliphatic heterocycles. The third kappa shape index (κ3) is 2.05. The first-order chi connectivity index (χ1) is 5.24. The fraction of sp³-hybridized carbons (Fsp3) is 0.625. The molecule has 1 heterocycles. The highest BCUT2D eigenvalue weighted by Gasteiger charge is 2.00. The molecule has 0 aliphatic rings. The standard InChI is InChI=1S/C8H15N3/c1-4-9-5-8-7(2)6-11(3)10-8/h6,9H,4-5H2,1-3H3. The molecule has 0 radical (unpaired) electrons. The Balaban J connectivity index is 2.62. The second-order valence-electron chi connectivity index (χ2n) is 2.71. The molecule has 1 aromatic heterocycles. The van der Waals surface area contributed by atoms with Crippen LogP contribution in [0.3, 0.4) is 0 Å². The molecule has 0 fully saturated rings. The number of rotatable bonds is 3. The monoisotopic (exact) mass is 153 g/mol. The molecule has 3 nitrogen and oxygen atoms in total. The van der Waals surface area contributed by atoms with Crippen LogP contribution in [0, 0.1) is 6.92 Å². The van der Waals surface area contributed by atoms with Crippen LogP contribution in [0.5, 0.6) is 0 Å². The van der Waals surface area contributed by atoms with E-state index < -0.39 is 0 Å². The molecule has 0 saturated heterocycles. The molecule has 0 amide bonds. The van der Waals surface area contributed by atoms with Crippen molar-refractivity contribution >= 4 is 0 Å². The van der Waals surface area contributed by atoms with Crippen molar-refractivity contribution in [3.8, 4) is 0 Å². The van der Waals surface area contributed by atoms with E-state index in [4.69, 9.17) is 0 Å². The van der Waals surface area contributed by atoms with E-state index in [9.17, 15) is 0 Å². The number of nitrogens with one attached hydrogen (secondary N) is 1. The van der Waals surface area contributed by atoms with Gasteiger partial charge in [-0.05, 0) is 19.0 Å². The Labute approximate surface area is 67.4 Å². The van der Waals surface area contributed by atoms with Crippen molar-refractivity contribution in [2.45, 2.75) is 20.4 Å². The van der Waals surface area contributed by atoms with Crippen LogP contribution < -0.4 is 5.32 Å². The smallest absolute Gasteiger partial charge is 0.0791 e. The van der Waals surface area contributed by atoms with Crippen LogP contribution in [0.1, 0.15) is 18.2 Å². The lowest BCUT2D eigenvalue weighted by atomic mass is 10.3. The topological polar surface area (TPSA) is 29.9 Å². The van der Waals surface area contributed by atoms with E-state index in [-0.39, 0.29) is 0 Å². The summed E-state index contributed by atoms with van der Waals surface area (Å²) in [5.41, 5.74) is 2.41. The van der Waals surface area contributed by atoms with Gasteiger partial charge in [0.05, 0.1) is 5.69 Å². The Bertz CT molecular complexity index is 227. The fourth-order valence-corrected chi connectivity index (χ4v) is 1.07. The summed E-state index contributed by atoms with van der Waals surface area (Å²) in [6, 6.07) is 0. The van der Waals surface area contributed by atoms with Gasteiger partial charge in [-0.2, -0.15) is 5.10 Å². The van der Waals surface area contributed by atoms with Crippen molar-refractivity contribution in [2.24, 2.45) is 7.05 Å². The SMILES string of the molecule is CCNCc1nn(C)cc1C. The van der Waals surface area contributed by atoms with Gasteiger partial charge in [0, 0.05) is 19.8 Å². The molecule has 0 unspecified atom stereocenters. The van der Waals surface area contributed by atoms with E-state index in [2.05, 4.69) is 24.3 Å². The first-order valence-electron chi connectivity index (χ1n) is 3.94. The predicted molar refractivity (Wildman–Crippen MR) is 45.3 cm³/mol. The van der Waals surface area contributed by atoms with E-state index in [0.29, 0.717) is 0 Å². The minimum Gasteiger partial charge on any atom is -0.311 e. The molecular formula is C8H15N3. The van der Waals surface area contributed by atoms with Crippen LogP contribution in [-0.2, 0) is 13.6 Å². The quantitative estimate of drug-likeness (QED) is 0.697. The lowest BCUT2D eigenvalue weighted by molar-refractivity contribution is 0.676. The molecule has 0 bridgehead atoms. The third-order valence-electron chi connectivity index (χ3n) is 1.66. The Hall–Kier alpha value is -0.830. The lowest BCUT2D eigenvalue weighted by Crippen LogP contribution is -2.13. The molecular weight excluding hydrogens is 138 g/mol. The summed E-state index contributed by atoms with van der Waals surface area (Å²) in [5.74, 6) is 0. The molecule has 1 aromatic rings. The molecule has 0 aliphatic carbocycles. The highest BCUT2D eigenvalue weighted by molar-refractivity contribution is 5.14. The summed E-state index contributed by atoms with van der Waals surface area (Å²) >= 11 is 0. The van der Waals surface area contributed by atoms with Crippen LogP contribution in [0.25, 0.3) is 0 Å². The minimum absolute atomic E-state index is 0.878. The van der Waals surface area contributed by atoms with Crippen LogP contribution in [0.2, 0.25) is 0 Å². The summed E-state index contributed by atoms with van der Waals surface area (Å²) in [4.78, 5) is 0. The number of aryl methyl sites for hydroxylation is 2. The van der Waals surface area contributed by atoms with Crippen LogP contribution >= 0.6 is 0 Å². The van der Waals surface area contributed by atoms with Crippen LogP contribution in [-0.4, -0.2) is 16.3 Å². The Morgan fingerprint density at radius 2 is 2.36 bits per heavy atom. The molecule has 1 N–H and O–H groups in total. The first kappa shape index (κ1) is 8.27.